The van der Waals surface area contributed by atoms with Gasteiger partial charge >= 0.3 is 0 Å². The maximum Gasteiger partial charge on any atom is 0.0309 e. The molecule has 2 aliphatic rings. The Balaban J connectivity index is 1.71. The lowest BCUT2D eigenvalue weighted by molar-refractivity contribution is 0.0690. The summed E-state index contributed by atoms with van der Waals surface area (Å²) in [4.78, 5) is 2.75. The fourth-order valence-electron chi connectivity index (χ4n) is 4.04. The maximum atomic E-state index is 3.90. The Morgan fingerprint density at radius 1 is 1.20 bits per heavy atom. The Morgan fingerprint density at radius 2 is 1.95 bits per heavy atom. The molecular formula is C18H28N2. The first-order chi connectivity index (χ1) is 9.81. The highest BCUT2D eigenvalue weighted by Crippen LogP contribution is 2.34. The van der Waals surface area contributed by atoms with Crippen molar-refractivity contribution >= 4 is 0 Å². The maximum absolute atomic E-state index is 3.90. The van der Waals surface area contributed by atoms with Gasteiger partial charge in [0.05, 0.1) is 0 Å². The predicted octanol–water partition coefficient (Wildman–Crippen LogP) is 3.57. The lowest BCUT2D eigenvalue weighted by Crippen LogP contribution is -2.62. The molecule has 0 bridgehead atoms. The topological polar surface area (TPSA) is 15.3 Å². The largest absolute Gasteiger partial charge is 0.308 e. The van der Waals surface area contributed by atoms with E-state index in [4.69, 9.17) is 0 Å². The number of rotatable bonds is 4. The van der Waals surface area contributed by atoms with Gasteiger partial charge in [-0.1, -0.05) is 56.5 Å². The summed E-state index contributed by atoms with van der Waals surface area (Å²) in [6, 6.07) is 11.7. The van der Waals surface area contributed by atoms with Crippen molar-refractivity contribution in [2.24, 2.45) is 0 Å². The third-order valence-corrected chi connectivity index (χ3v) is 5.15. The first kappa shape index (κ1) is 14.1. The van der Waals surface area contributed by atoms with E-state index in [0.717, 1.165) is 6.54 Å². The van der Waals surface area contributed by atoms with Crippen LogP contribution in [-0.2, 0) is 6.54 Å². The van der Waals surface area contributed by atoms with Crippen molar-refractivity contribution in [1.29, 1.82) is 0 Å². The van der Waals surface area contributed by atoms with E-state index in [1.165, 1.54) is 57.2 Å². The second-order valence-electron chi connectivity index (χ2n) is 6.70. The molecule has 1 aromatic carbocycles. The molecule has 0 amide bonds. The Bertz CT molecular complexity index is 409. The van der Waals surface area contributed by atoms with E-state index in [-0.39, 0.29) is 0 Å². The van der Waals surface area contributed by atoms with E-state index in [1.807, 2.05) is 0 Å². The summed E-state index contributed by atoms with van der Waals surface area (Å²) in [5.41, 5.74) is 1.89. The third kappa shape index (κ3) is 3.07. The van der Waals surface area contributed by atoms with E-state index >= 15 is 0 Å². The summed E-state index contributed by atoms with van der Waals surface area (Å²) in [5.74, 6) is 0. The van der Waals surface area contributed by atoms with Crippen LogP contribution in [0.5, 0.6) is 0 Å². The number of hydrogen-bond donors (Lipinski definition) is 1. The van der Waals surface area contributed by atoms with Crippen LogP contribution in [0.25, 0.3) is 0 Å². The van der Waals surface area contributed by atoms with Gasteiger partial charge in [0.1, 0.15) is 0 Å². The SMILES string of the molecule is CCCC1CNC2(CCCC2)CN1Cc1ccccc1. The number of hydrogen-bond acceptors (Lipinski definition) is 2. The molecule has 1 saturated heterocycles. The lowest BCUT2D eigenvalue weighted by Gasteiger charge is -2.46. The van der Waals surface area contributed by atoms with Crippen molar-refractivity contribution in [2.45, 2.75) is 63.6 Å². The zero-order chi connectivity index (χ0) is 13.8. The van der Waals surface area contributed by atoms with Gasteiger partial charge in [0.25, 0.3) is 0 Å². The van der Waals surface area contributed by atoms with Crippen molar-refractivity contribution in [3.63, 3.8) is 0 Å². The standard InChI is InChI=1S/C18H28N2/c1-2-8-17-13-19-18(11-6-7-12-18)15-20(17)14-16-9-4-3-5-10-16/h3-5,9-10,17,19H,2,6-8,11-15H2,1H3. The van der Waals surface area contributed by atoms with Gasteiger partial charge < -0.3 is 5.32 Å². The fourth-order valence-corrected chi connectivity index (χ4v) is 4.04. The van der Waals surface area contributed by atoms with Crippen LogP contribution in [0.1, 0.15) is 51.0 Å². The van der Waals surface area contributed by atoms with E-state index in [9.17, 15) is 0 Å². The number of benzene rings is 1. The van der Waals surface area contributed by atoms with Gasteiger partial charge in [-0.25, -0.2) is 0 Å². The summed E-state index contributed by atoms with van der Waals surface area (Å²) in [6.45, 7) is 5.85. The van der Waals surface area contributed by atoms with Crippen LogP contribution in [0.15, 0.2) is 30.3 Å². The molecule has 1 heterocycles. The van der Waals surface area contributed by atoms with Crippen LogP contribution < -0.4 is 5.32 Å². The molecule has 2 nitrogen and oxygen atoms in total. The average molecular weight is 272 g/mol. The van der Waals surface area contributed by atoms with E-state index in [2.05, 4.69) is 47.5 Å². The zero-order valence-corrected chi connectivity index (χ0v) is 12.8. The molecule has 2 heteroatoms. The second-order valence-corrected chi connectivity index (χ2v) is 6.70. The van der Waals surface area contributed by atoms with Crippen molar-refractivity contribution in [3.05, 3.63) is 35.9 Å². The molecule has 1 saturated carbocycles. The quantitative estimate of drug-likeness (QED) is 0.901. The minimum absolute atomic E-state index is 0.430. The highest BCUT2D eigenvalue weighted by atomic mass is 15.3. The first-order valence-corrected chi connectivity index (χ1v) is 8.34. The fraction of sp³-hybridized carbons (Fsp3) is 0.667. The second kappa shape index (κ2) is 6.28. The summed E-state index contributed by atoms with van der Waals surface area (Å²) >= 11 is 0. The van der Waals surface area contributed by atoms with Crippen LogP contribution in [-0.4, -0.2) is 29.6 Å². The van der Waals surface area contributed by atoms with Gasteiger partial charge in [-0.15, -0.1) is 0 Å². The molecule has 1 atom stereocenters. The summed E-state index contributed by atoms with van der Waals surface area (Å²) in [7, 11) is 0. The van der Waals surface area contributed by atoms with Crippen LogP contribution in [0.4, 0.5) is 0 Å². The highest BCUT2D eigenvalue weighted by Gasteiger charge is 2.40. The van der Waals surface area contributed by atoms with E-state index in [1.54, 1.807) is 0 Å². The molecule has 1 aromatic rings. The van der Waals surface area contributed by atoms with Crippen molar-refractivity contribution in [1.82, 2.24) is 10.2 Å². The normalized spacial score (nSPS) is 26.1. The zero-order valence-electron chi connectivity index (χ0n) is 12.8. The molecule has 1 N–H and O–H groups in total. The number of nitrogens with one attached hydrogen (secondary N) is 1. The first-order valence-electron chi connectivity index (χ1n) is 8.34. The van der Waals surface area contributed by atoms with Crippen molar-refractivity contribution < 1.29 is 0 Å². The van der Waals surface area contributed by atoms with Gasteiger partial charge in [0.2, 0.25) is 0 Å². The van der Waals surface area contributed by atoms with Gasteiger partial charge in [0.15, 0.2) is 0 Å². The van der Waals surface area contributed by atoms with E-state index in [0.29, 0.717) is 11.6 Å². The molecule has 20 heavy (non-hydrogen) atoms. The predicted molar refractivity (Wildman–Crippen MR) is 84.7 cm³/mol. The minimum Gasteiger partial charge on any atom is -0.308 e. The van der Waals surface area contributed by atoms with Gasteiger partial charge in [-0.3, -0.25) is 4.90 Å². The van der Waals surface area contributed by atoms with Crippen LogP contribution in [0.2, 0.25) is 0 Å². The Hall–Kier alpha value is -0.860. The monoisotopic (exact) mass is 272 g/mol. The summed E-state index contributed by atoms with van der Waals surface area (Å²) < 4.78 is 0. The Labute approximate surface area is 123 Å². The molecule has 110 valence electrons. The van der Waals surface area contributed by atoms with Gasteiger partial charge in [-0.2, -0.15) is 0 Å². The molecule has 1 aliphatic carbocycles. The van der Waals surface area contributed by atoms with Crippen molar-refractivity contribution in [3.8, 4) is 0 Å². The Morgan fingerprint density at radius 3 is 2.65 bits per heavy atom. The lowest BCUT2D eigenvalue weighted by atomic mass is 9.91. The highest BCUT2D eigenvalue weighted by molar-refractivity contribution is 5.15. The molecule has 0 aromatic heterocycles. The molecule has 2 fully saturated rings. The Kier molecular flexibility index (Phi) is 4.42. The van der Waals surface area contributed by atoms with Crippen LogP contribution >= 0.6 is 0 Å². The van der Waals surface area contributed by atoms with E-state index < -0.39 is 0 Å². The summed E-state index contributed by atoms with van der Waals surface area (Å²) in [5, 5.41) is 3.90. The van der Waals surface area contributed by atoms with Gasteiger partial charge in [-0.05, 0) is 24.8 Å². The minimum atomic E-state index is 0.430. The van der Waals surface area contributed by atoms with Crippen LogP contribution in [0, 0.1) is 0 Å². The van der Waals surface area contributed by atoms with Gasteiger partial charge in [0, 0.05) is 31.2 Å². The molecule has 1 aliphatic heterocycles. The third-order valence-electron chi connectivity index (χ3n) is 5.15. The molecule has 3 rings (SSSR count). The molecular weight excluding hydrogens is 244 g/mol. The molecule has 1 spiro atoms. The summed E-state index contributed by atoms with van der Waals surface area (Å²) in [6.07, 6.45) is 8.16. The number of nitrogens with zero attached hydrogens (tertiary/aromatic N) is 1. The average Bonchev–Trinajstić information content (AvgIpc) is 2.92. The van der Waals surface area contributed by atoms with Crippen LogP contribution in [0.3, 0.4) is 0 Å². The number of piperazine rings is 1. The smallest absolute Gasteiger partial charge is 0.0309 e. The van der Waals surface area contributed by atoms with Crippen molar-refractivity contribution in [2.75, 3.05) is 13.1 Å². The molecule has 1 unspecified atom stereocenters. The molecule has 0 radical (unpaired) electrons.